The highest BCUT2D eigenvalue weighted by atomic mass is 16.5. The van der Waals surface area contributed by atoms with Crippen LogP contribution in [0.1, 0.15) is 5.56 Å². The van der Waals surface area contributed by atoms with E-state index in [1.54, 1.807) is 32.4 Å². The van der Waals surface area contributed by atoms with Gasteiger partial charge in [0.25, 0.3) is 0 Å². The Labute approximate surface area is 72.1 Å². The third-order valence-electron chi connectivity index (χ3n) is 1.55. The van der Waals surface area contributed by atoms with E-state index in [9.17, 15) is 0 Å². The highest BCUT2D eigenvalue weighted by molar-refractivity contribution is 5.47. The summed E-state index contributed by atoms with van der Waals surface area (Å²) in [6.07, 6.45) is 5.22. The largest absolute Gasteiger partial charge is 0.493 e. The van der Waals surface area contributed by atoms with Gasteiger partial charge in [-0.05, 0) is 18.2 Å². The average Bonchev–Trinajstić information content (AvgIpc) is 2.16. The summed E-state index contributed by atoms with van der Waals surface area (Å²) in [5.74, 6) is 3.87. The molecule has 12 heavy (non-hydrogen) atoms. The zero-order valence-electron chi connectivity index (χ0n) is 7.13. The first kappa shape index (κ1) is 8.48. The monoisotopic (exact) mass is 162 g/mol. The Kier molecular flexibility index (Phi) is 2.60. The van der Waals surface area contributed by atoms with E-state index in [-0.39, 0.29) is 0 Å². The van der Waals surface area contributed by atoms with E-state index < -0.39 is 0 Å². The second-order valence-corrected chi connectivity index (χ2v) is 2.21. The van der Waals surface area contributed by atoms with Crippen molar-refractivity contribution >= 4 is 0 Å². The van der Waals surface area contributed by atoms with E-state index in [0.717, 1.165) is 5.56 Å². The fourth-order valence-electron chi connectivity index (χ4n) is 0.926. The van der Waals surface area contributed by atoms with E-state index in [1.165, 1.54) is 0 Å². The van der Waals surface area contributed by atoms with E-state index in [0.29, 0.717) is 11.5 Å². The molecule has 0 saturated carbocycles. The summed E-state index contributed by atoms with van der Waals surface area (Å²) in [6, 6.07) is 5.36. The molecule has 0 spiro atoms. The Morgan fingerprint density at radius 2 is 1.83 bits per heavy atom. The maximum Gasteiger partial charge on any atom is 0.161 e. The van der Waals surface area contributed by atoms with Crippen molar-refractivity contribution in [1.82, 2.24) is 0 Å². The molecule has 0 aliphatic heterocycles. The molecule has 0 aliphatic carbocycles. The van der Waals surface area contributed by atoms with Gasteiger partial charge in [-0.3, -0.25) is 0 Å². The van der Waals surface area contributed by atoms with Crippen molar-refractivity contribution in [2.45, 2.75) is 0 Å². The molecular formula is C10H10O2. The first-order valence-electron chi connectivity index (χ1n) is 3.50. The summed E-state index contributed by atoms with van der Waals surface area (Å²) in [5.41, 5.74) is 0.785. The number of methoxy groups -OCH3 is 2. The van der Waals surface area contributed by atoms with Crippen LogP contribution in [0.2, 0.25) is 0 Å². The standard InChI is InChI=1S/C10H10O2/c1-4-8-5-6-9(11-2)10(7-8)12-3/h1,5-7H,2-3H3. The summed E-state index contributed by atoms with van der Waals surface area (Å²) >= 11 is 0. The number of terminal acetylenes is 1. The molecule has 0 aromatic heterocycles. The quantitative estimate of drug-likeness (QED) is 0.616. The van der Waals surface area contributed by atoms with Crippen molar-refractivity contribution in [2.24, 2.45) is 0 Å². The highest BCUT2D eigenvalue weighted by Crippen LogP contribution is 2.26. The summed E-state index contributed by atoms with van der Waals surface area (Å²) in [6.45, 7) is 0. The van der Waals surface area contributed by atoms with Gasteiger partial charge in [0.1, 0.15) is 0 Å². The lowest BCUT2D eigenvalue weighted by Gasteiger charge is -2.06. The molecule has 2 heteroatoms. The minimum absolute atomic E-state index is 0.660. The van der Waals surface area contributed by atoms with Crippen molar-refractivity contribution in [2.75, 3.05) is 14.2 Å². The fourth-order valence-corrected chi connectivity index (χ4v) is 0.926. The van der Waals surface area contributed by atoms with Gasteiger partial charge < -0.3 is 9.47 Å². The summed E-state index contributed by atoms with van der Waals surface area (Å²) in [7, 11) is 3.17. The lowest BCUT2D eigenvalue weighted by atomic mass is 10.2. The molecule has 0 fully saturated rings. The van der Waals surface area contributed by atoms with Crippen LogP contribution < -0.4 is 9.47 Å². The Hall–Kier alpha value is -1.62. The van der Waals surface area contributed by atoms with Gasteiger partial charge in [0.15, 0.2) is 11.5 Å². The van der Waals surface area contributed by atoms with E-state index >= 15 is 0 Å². The van der Waals surface area contributed by atoms with Crippen molar-refractivity contribution in [3.05, 3.63) is 23.8 Å². The molecule has 0 aliphatic rings. The second kappa shape index (κ2) is 3.68. The minimum atomic E-state index is 0.660. The molecule has 0 unspecified atom stereocenters. The van der Waals surface area contributed by atoms with Crippen LogP contribution in [0.3, 0.4) is 0 Å². The van der Waals surface area contributed by atoms with E-state index in [4.69, 9.17) is 15.9 Å². The van der Waals surface area contributed by atoms with Gasteiger partial charge in [0, 0.05) is 5.56 Å². The molecule has 0 heterocycles. The van der Waals surface area contributed by atoms with Gasteiger partial charge in [-0.1, -0.05) is 5.92 Å². The molecule has 1 rings (SSSR count). The van der Waals surface area contributed by atoms with Crippen LogP contribution in [0.5, 0.6) is 11.5 Å². The zero-order valence-corrected chi connectivity index (χ0v) is 7.13. The number of hydrogen-bond donors (Lipinski definition) is 0. The lowest BCUT2D eigenvalue weighted by molar-refractivity contribution is 0.355. The van der Waals surface area contributed by atoms with E-state index in [2.05, 4.69) is 5.92 Å². The van der Waals surface area contributed by atoms with Gasteiger partial charge in [-0.25, -0.2) is 0 Å². The van der Waals surface area contributed by atoms with Crippen LogP contribution in [0.25, 0.3) is 0 Å². The van der Waals surface area contributed by atoms with Gasteiger partial charge >= 0.3 is 0 Å². The predicted octanol–water partition coefficient (Wildman–Crippen LogP) is 1.69. The van der Waals surface area contributed by atoms with E-state index in [1.807, 2.05) is 0 Å². The van der Waals surface area contributed by atoms with Gasteiger partial charge in [-0.15, -0.1) is 6.42 Å². The molecule has 0 N–H and O–H groups in total. The van der Waals surface area contributed by atoms with Crippen LogP contribution in [-0.2, 0) is 0 Å². The van der Waals surface area contributed by atoms with Crippen molar-refractivity contribution in [3.8, 4) is 23.8 Å². The summed E-state index contributed by atoms with van der Waals surface area (Å²) < 4.78 is 10.1. The maximum atomic E-state index is 5.22. The highest BCUT2D eigenvalue weighted by Gasteiger charge is 2.01. The molecule has 0 bridgehead atoms. The third-order valence-corrected chi connectivity index (χ3v) is 1.55. The molecular weight excluding hydrogens is 152 g/mol. The van der Waals surface area contributed by atoms with Gasteiger partial charge in [-0.2, -0.15) is 0 Å². The van der Waals surface area contributed by atoms with Crippen molar-refractivity contribution in [3.63, 3.8) is 0 Å². The molecule has 0 saturated heterocycles. The Bertz CT molecular complexity index is 310. The number of benzene rings is 1. The fraction of sp³-hybridized carbons (Fsp3) is 0.200. The molecule has 0 atom stereocenters. The van der Waals surface area contributed by atoms with Crippen LogP contribution in [0.15, 0.2) is 18.2 Å². The normalized spacial score (nSPS) is 8.75. The predicted molar refractivity (Wildman–Crippen MR) is 47.5 cm³/mol. The van der Waals surface area contributed by atoms with Crippen LogP contribution in [-0.4, -0.2) is 14.2 Å². The van der Waals surface area contributed by atoms with Crippen LogP contribution in [0.4, 0.5) is 0 Å². The van der Waals surface area contributed by atoms with Crippen molar-refractivity contribution in [1.29, 1.82) is 0 Å². The molecule has 0 radical (unpaired) electrons. The minimum Gasteiger partial charge on any atom is -0.493 e. The van der Waals surface area contributed by atoms with Crippen molar-refractivity contribution < 1.29 is 9.47 Å². The average molecular weight is 162 g/mol. The SMILES string of the molecule is C#Cc1ccc(OC)c(OC)c1. The second-order valence-electron chi connectivity index (χ2n) is 2.21. The number of ether oxygens (including phenoxy) is 2. The van der Waals surface area contributed by atoms with Crippen LogP contribution in [0, 0.1) is 12.3 Å². The number of hydrogen-bond acceptors (Lipinski definition) is 2. The first-order chi connectivity index (χ1) is 5.81. The Morgan fingerprint density at radius 1 is 1.17 bits per heavy atom. The molecule has 1 aromatic carbocycles. The van der Waals surface area contributed by atoms with Gasteiger partial charge in [0.2, 0.25) is 0 Å². The molecule has 1 aromatic rings. The van der Waals surface area contributed by atoms with Gasteiger partial charge in [0.05, 0.1) is 14.2 Å². The number of rotatable bonds is 2. The smallest absolute Gasteiger partial charge is 0.161 e. The topological polar surface area (TPSA) is 18.5 Å². The molecule has 62 valence electrons. The molecule has 2 nitrogen and oxygen atoms in total. The lowest BCUT2D eigenvalue weighted by Crippen LogP contribution is -1.90. The third kappa shape index (κ3) is 1.51. The Balaban J connectivity index is 3.13. The first-order valence-corrected chi connectivity index (χ1v) is 3.50. The Morgan fingerprint density at radius 3 is 2.33 bits per heavy atom. The zero-order chi connectivity index (χ0) is 8.97. The summed E-state index contributed by atoms with van der Waals surface area (Å²) in [5, 5.41) is 0. The summed E-state index contributed by atoms with van der Waals surface area (Å²) in [4.78, 5) is 0. The van der Waals surface area contributed by atoms with Crippen LogP contribution >= 0.6 is 0 Å². The maximum absolute atomic E-state index is 5.22. The molecule has 0 amide bonds.